The molecule has 5 heteroatoms. The third-order valence-electron chi connectivity index (χ3n) is 4.93. The van der Waals surface area contributed by atoms with Gasteiger partial charge in [0.25, 0.3) is 11.5 Å². The van der Waals surface area contributed by atoms with Crippen molar-refractivity contribution in [2.75, 3.05) is 0 Å². The van der Waals surface area contributed by atoms with Gasteiger partial charge in [-0.1, -0.05) is 19.8 Å². The fraction of sp³-hybridized carbons (Fsp3) is 0.588. The van der Waals surface area contributed by atoms with Gasteiger partial charge in [-0.25, -0.2) is 0 Å². The zero-order valence-corrected chi connectivity index (χ0v) is 12.9. The van der Waals surface area contributed by atoms with Gasteiger partial charge in [-0.15, -0.1) is 0 Å². The molecule has 2 aliphatic rings. The molecule has 1 saturated carbocycles. The minimum atomic E-state index is -0.394. The van der Waals surface area contributed by atoms with Crippen molar-refractivity contribution >= 4 is 11.7 Å². The Balaban J connectivity index is 1.84. The molecule has 2 N–H and O–H groups in total. The summed E-state index contributed by atoms with van der Waals surface area (Å²) < 4.78 is 0. The summed E-state index contributed by atoms with van der Waals surface area (Å²) in [6.45, 7) is 2.13. The first-order chi connectivity index (χ1) is 10.6. The van der Waals surface area contributed by atoms with Crippen LogP contribution in [-0.4, -0.2) is 22.7 Å². The Labute approximate surface area is 129 Å². The molecule has 1 heterocycles. The van der Waals surface area contributed by atoms with Gasteiger partial charge in [0.2, 0.25) is 0 Å². The Morgan fingerprint density at radius 1 is 1.18 bits per heavy atom. The third-order valence-corrected chi connectivity index (χ3v) is 4.93. The van der Waals surface area contributed by atoms with Gasteiger partial charge >= 0.3 is 0 Å². The average molecular weight is 302 g/mol. The second kappa shape index (κ2) is 6.07. The fourth-order valence-electron chi connectivity index (χ4n) is 3.52. The first kappa shape index (κ1) is 15.0. The molecule has 1 fully saturated rings. The first-order valence-corrected chi connectivity index (χ1v) is 8.16. The standard InChI is InChI=1S/C17H22N2O3/c1-10-5-2-3-6-13(10)18-16(21)12-9-11-14(19-17(12)22)7-4-8-15(11)20/h9-10,13H,2-8H2,1H3,(H,18,21)(H,19,22)/t10-,13+/m0/s1. The number of pyridine rings is 1. The monoisotopic (exact) mass is 302 g/mol. The van der Waals surface area contributed by atoms with Gasteiger partial charge in [-0.05, 0) is 37.7 Å². The lowest BCUT2D eigenvalue weighted by Crippen LogP contribution is -2.43. The summed E-state index contributed by atoms with van der Waals surface area (Å²) in [4.78, 5) is 39.2. The van der Waals surface area contributed by atoms with E-state index in [2.05, 4.69) is 17.2 Å². The van der Waals surface area contributed by atoms with Crippen molar-refractivity contribution in [1.29, 1.82) is 0 Å². The van der Waals surface area contributed by atoms with Crippen molar-refractivity contribution in [2.24, 2.45) is 5.92 Å². The molecule has 0 aromatic carbocycles. The number of rotatable bonds is 2. The number of aromatic nitrogens is 1. The van der Waals surface area contributed by atoms with Crippen molar-refractivity contribution < 1.29 is 9.59 Å². The molecule has 0 aliphatic heterocycles. The van der Waals surface area contributed by atoms with Crippen LogP contribution >= 0.6 is 0 Å². The minimum Gasteiger partial charge on any atom is -0.349 e. The number of hydrogen-bond acceptors (Lipinski definition) is 3. The molecule has 2 aliphatic carbocycles. The zero-order chi connectivity index (χ0) is 15.7. The molecular formula is C17H22N2O3. The number of ketones is 1. The van der Waals surface area contributed by atoms with E-state index >= 15 is 0 Å². The van der Waals surface area contributed by atoms with Crippen LogP contribution in [0.5, 0.6) is 0 Å². The lowest BCUT2D eigenvalue weighted by molar-refractivity contribution is 0.0908. The molecule has 5 nitrogen and oxygen atoms in total. The van der Waals surface area contributed by atoms with Crippen LogP contribution < -0.4 is 10.9 Å². The van der Waals surface area contributed by atoms with Crippen molar-refractivity contribution in [2.45, 2.75) is 57.9 Å². The molecule has 118 valence electrons. The molecule has 2 atom stereocenters. The first-order valence-electron chi connectivity index (χ1n) is 8.16. The Bertz CT molecular complexity index is 662. The maximum atomic E-state index is 12.4. The number of aryl methyl sites for hydroxylation is 1. The summed E-state index contributed by atoms with van der Waals surface area (Å²) in [5.74, 6) is 0.0785. The largest absolute Gasteiger partial charge is 0.349 e. The van der Waals surface area contributed by atoms with E-state index in [0.717, 1.165) is 25.7 Å². The number of H-pyrrole nitrogens is 1. The van der Waals surface area contributed by atoms with E-state index in [-0.39, 0.29) is 23.3 Å². The fourth-order valence-corrected chi connectivity index (χ4v) is 3.52. The highest BCUT2D eigenvalue weighted by Gasteiger charge is 2.26. The van der Waals surface area contributed by atoms with Crippen LogP contribution in [-0.2, 0) is 6.42 Å². The second-order valence-corrected chi connectivity index (χ2v) is 6.52. The molecular weight excluding hydrogens is 280 g/mol. The molecule has 0 radical (unpaired) electrons. The molecule has 1 aromatic rings. The van der Waals surface area contributed by atoms with E-state index in [1.807, 2.05) is 0 Å². The van der Waals surface area contributed by atoms with Crippen LogP contribution in [0.2, 0.25) is 0 Å². The lowest BCUT2D eigenvalue weighted by atomic mass is 9.86. The van der Waals surface area contributed by atoms with Crippen molar-refractivity contribution in [3.8, 4) is 0 Å². The lowest BCUT2D eigenvalue weighted by Gasteiger charge is -2.29. The average Bonchev–Trinajstić information content (AvgIpc) is 2.49. The van der Waals surface area contributed by atoms with E-state index in [0.29, 0.717) is 30.0 Å². The SMILES string of the molecule is C[C@H]1CCCC[C@H]1NC(=O)c1cc2c([nH]c1=O)CCCC2=O. The third kappa shape index (κ3) is 2.85. The highest BCUT2D eigenvalue weighted by Crippen LogP contribution is 2.24. The van der Waals surface area contributed by atoms with Crippen molar-refractivity contribution in [3.63, 3.8) is 0 Å². The minimum absolute atomic E-state index is 0.0117. The maximum absolute atomic E-state index is 12.4. The van der Waals surface area contributed by atoms with Gasteiger partial charge in [0, 0.05) is 23.7 Å². The zero-order valence-electron chi connectivity index (χ0n) is 12.9. The second-order valence-electron chi connectivity index (χ2n) is 6.52. The molecule has 0 saturated heterocycles. The highest BCUT2D eigenvalue weighted by molar-refractivity contribution is 6.01. The molecule has 0 bridgehead atoms. The number of nitrogens with one attached hydrogen (secondary N) is 2. The predicted octanol–water partition coefficient (Wildman–Crippen LogP) is 2.20. The number of carbonyl (C=O) groups excluding carboxylic acids is 2. The van der Waals surface area contributed by atoms with Crippen molar-refractivity contribution in [1.82, 2.24) is 10.3 Å². The van der Waals surface area contributed by atoms with Crippen LogP contribution in [0.25, 0.3) is 0 Å². The van der Waals surface area contributed by atoms with Gasteiger partial charge < -0.3 is 10.3 Å². The number of carbonyl (C=O) groups is 2. The number of Topliss-reactive ketones (excluding diaryl/α,β-unsaturated/α-hetero) is 1. The van der Waals surface area contributed by atoms with Crippen LogP contribution in [0.4, 0.5) is 0 Å². The van der Waals surface area contributed by atoms with E-state index in [1.54, 1.807) is 0 Å². The van der Waals surface area contributed by atoms with E-state index in [4.69, 9.17) is 0 Å². The van der Waals surface area contributed by atoms with Gasteiger partial charge in [0.05, 0.1) is 0 Å². The summed E-state index contributed by atoms with van der Waals surface area (Å²) in [6.07, 6.45) is 6.29. The number of amides is 1. The maximum Gasteiger partial charge on any atom is 0.261 e. The van der Waals surface area contributed by atoms with E-state index in [1.165, 1.54) is 12.5 Å². The predicted molar refractivity (Wildman–Crippen MR) is 83.2 cm³/mol. The van der Waals surface area contributed by atoms with Crippen molar-refractivity contribution in [3.05, 3.63) is 33.2 Å². The summed E-state index contributed by atoms with van der Waals surface area (Å²) in [7, 11) is 0. The molecule has 3 rings (SSSR count). The molecule has 1 amide bonds. The van der Waals surface area contributed by atoms with Gasteiger partial charge in [0.1, 0.15) is 5.56 Å². The van der Waals surface area contributed by atoms with Crippen LogP contribution in [0.3, 0.4) is 0 Å². The number of hydrogen-bond donors (Lipinski definition) is 2. The Kier molecular flexibility index (Phi) is 4.14. The summed E-state index contributed by atoms with van der Waals surface area (Å²) in [6, 6.07) is 1.60. The Hall–Kier alpha value is -1.91. The van der Waals surface area contributed by atoms with Crippen LogP contribution in [0.1, 0.15) is 71.9 Å². The summed E-state index contributed by atoms with van der Waals surface area (Å²) >= 11 is 0. The van der Waals surface area contributed by atoms with Gasteiger partial charge in [-0.2, -0.15) is 0 Å². The molecule has 1 aromatic heterocycles. The van der Waals surface area contributed by atoms with Gasteiger partial charge in [0.15, 0.2) is 5.78 Å². The number of fused-ring (bicyclic) bond motifs is 1. The number of aromatic amines is 1. The molecule has 0 unspecified atom stereocenters. The molecule has 22 heavy (non-hydrogen) atoms. The van der Waals surface area contributed by atoms with Crippen LogP contribution in [0.15, 0.2) is 10.9 Å². The quantitative estimate of drug-likeness (QED) is 0.879. The smallest absolute Gasteiger partial charge is 0.261 e. The van der Waals surface area contributed by atoms with E-state index < -0.39 is 5.56 Å². The normalized spacial score (nSPS) is 24.7. The highest BCUT2D eigenvalue weighted by atomic mass is 16.2. The van der Waals surface area contributed by atoms with Gasteiger partial charge in [-0.3, -0.25) is 14.4 Å². The summed E-state index contributed by atoms with van der Waals surface area (Å²) in [5, 5.41) is 2.98. The Morgan fingerprint density at radius 2 is 1.95 bits per heavy atom. The summed E-state index contributed by atoms with van der Waals surface area (Å²) in [5.41, 5.74) is 0.845. The molecule has 0 spiro atoms. The Morgan fingerprint density at radius 3 is 2.73 bits per heavy atom. The van der Waals surface area contributed by atoms with E-state index in [9.17, 15) is 14.4 Å². The topological polar surface area (TPSA) is 79.0 Å². The van der Waals surface area contributed by atoms with Crippen LogP contribution in [0, 0.1) is 5.92 Å².